The van der Waals surface area contributed by atoms with Gasteiger partial charge in [-0.3, -0.25) is 14.9 Å². The molecule has 0 aliphatic carbocycles. The second-order valence-corrected chi connectivity index (χ2v) is 4.64. The zero-order valence-corrected chi connectivity index (χ0v) is 11.6. The van der Waals surface area contributed by atoms with Crippen LogP contribution in [0.2, 0.25) is 0 Å². The van der Waals surface area contributed by atoms with E-state index in [1.54, 1.807) is 12.1 Å². The average Bonchev–Trinajstić information content (AvgIpc) is 2.40. The molecular weight excluding hydrogens is 328 g/mol. The minimum Gasteiger partial charge on any atom is -0.393 e. The summed E-state index contributed by atoms with van der Waals surface area (Å²) in [7, 11) is 0. The summed E-state index contributed by atoms with van der Waals surface area (Å²) < 4.78 is 0.569. The molecule has 0 radical (unpaired) electrons. The predicted octanol–water partition coefficient (Wildman–Crippen LogP) is 2.59. The maximum Gasteiger partial charge on any atom is 0.304 e. The van der Waals surface area contributed by atoms with E-state index in [1.165, 1.54) is 24.4 Å². The monoisotopic (exact) mass is 336 g/mol. The van der Waals surface area contributed by atoms with Crippen LogP contribution in [0.5, 0.6) is 0 Å². The summed E-state index contributed by atoms with van der Waals surface area (Å²) in [5, 5.41) is 13.5. The molecule has 0 aliphatic rings. The van der Waals surface area contributed by atoms with Crippen molar-refractivity contribution in [3.05, 3.63) is 56.7 Å². The summed E-state index contributed by atoms with van der Waals surface area (Å²) >= 11 is 3.22. The van der Waals surface area contributed by atoms with Gasteiger partial charge in [0.15, 0.2) is 0 Å². The molecule has 3 N–H and O–H groups in total. The molecule has 1 aromatic heterocycles. The van der Waals surface area contributed by atoms with Crippen LogP contribution in [-0.2, 0) is 0 Å². The molecule has 0 spiro atoms. The van der Waals surface area contributed by atoms with Crippen molar-refractivity contribution in [1.29, 1.82) is 0 Å². The molecular formula is C12H9BrN4O3. The van der Waals surface area contributed by atoms with Gasteiger partial charge in [-0.05, 0) is 40.2 Å². The molecule has 20 heavy (non-hydrogen) atoms. The van der Waals surface area contributed by atoms with Crippen molar-refractivity contribution in [3.8, 4) is 0 Å². The molecule has 0 unspecified atom stereocenters. The number of nitrogen functional groups attached to an aromatic ring is 1. The van der Waals surface area contributed by atoms with Gasteiger partial charge in [-0.1, -0.05) is 6.07 Å². The maximum atomic E-state index is 12.1. The predicted molar refractivity (Wildman–Crippen MR) is 77.4 cm³/mol. The first-order chi connectivity index (χ1) is 9.50. The number of pyridine rings is 1. The van der Waals surface area contributed by atoms with E-state index in [4.69, 9.17) is 5.73 Å². The second-order valence-electron chi connectivity index (χ2n) is 3.79. The minimum absolute atomic E-state index is 0.0669. The van der Waals surface area contributed by atoms with Crippen LogP contribution in [0.25, 0.3) is 0 Å². The number of hydrogen-bond donors (Lipinski definition) is 2. The Morgan fingerprint density at radius 2 is 2.10 bits per heavy atom. The quantitative estimate of drug-likeness (QED) is 0.508. The Morgan fingerprint density at radius 3 is 2.75 bits per heavy atom. The standard InChI is InChI=1S/C12H9BrN4O3/c13-8-4-2-6-15-11(8)16-12(18)7-3-1-5-9(14)10(7)17(19)20/h1-6H,14H2,(H,15,16,18). The summed E-state index contributed by atoms with van der Waals surface area (Å²) in [6, 6.07) is 7.55. The van der Waals surface area contributed by atoms with Crippen molar-refractivity contribution < 1.29 is 9.72 Å². The van der Waals surface area contributed by atoms with Crippen LogP contribution in [-0.4, -0.2) is 15.8 Å². The third-order valence-corrected chi connectivity index (χ3v) is 3.12. The van der Waals surface area contributed by atoms with E-state index in [2.05, 4.69) is 26.2 Å². The van der Waals surface area contributed by atoms with Crippen molar-refractivity contribution in [2.75, 3.05) is 11.1 Å². The Morgan fingerprint density at radius 1 is 1.35 bits per heavy atom. The number of carbonyl (C=O) groups is 1. The Hall–Kier alpha value is -2.48. The normalized spacial score (nSPS) is 10.1. The van der Waals surface area contributed by atoms with Crippen molar-refractivity contribution in [1.82, 2.24) is 4.98 Å². The molecule has 0 saturated heterocycles. The van der Waals surface area contributed by atoms with Gasteiger partial charge in [0.1, 0.15) is 17.1 Å². The fraction of sp³-hybridized carbons (Fsp3) is 0. The molecule has 0 saturated carbocycles. The van der Waals surface area contributed by atoms with E-state index in [1.807, 2.05) is 0 Å². The van der Waals surface area contributed by atoms with E-state index in [9.17, 15) is 14.9 Å². The molecule has 2 rings (SSSR count). The molecule has 0 atom stereocenters. The number of carbonyl (C=O) groups excluding carboxylic acids is 1. The van der Waals surface area contributed by atoms with Crippen molar-refractivity contribution >= 4 is 39.0 Å². The van der Waals surface area contributed by atoms with Crippen LogP contribution >= 0.6 is 15.9 Å². The van der Waals surface area contributed by atoms with Crippen LogP contribution in [0.1, 0.15) is 10.4 Å². The van der Waals surface area contributed by atoms with E-state index >= 15 is 0 Å². The van der Waals surface area contributed by atoms with E-state index in [0.717, 1.165) is 0 Å². The largest absolute Gasteiger partial charge is 0.393 e. The fourth-order valence-corrected chi connectivity index (χ4v) is 1.96. The number of aromatic nitrogens is 1. The summed E-state index contributed by atoms with van der Waals surface area (Å²) in [4.78, 5) is 26.4. The average molecular weight is 337 g/mol. The Balaban J connectivity index is 2.38. The molecule has 102 valence electrons. The summed E-state index contributed by atoms with van der Waals surface area (Å²) in [6.07, 6.45) is 1.49. The molecule has 7 nitrogen and oxygen atoms in total. The van der Waals surface area contributed by atoms with Crippen LogP contribution < -0.4 is 11.1 Å². The van der Waals surface area contributed by atoms with Crippen LogP contribution in [0.15, 0.2) is 41.0 Å². The number of nitrogens with zero attached hydrogens (tertiary/aromatic N) is 2. The number of nitro groups is 1. The first-order valence-corrected chi connectivity index (χ1v) is 6.24. The smallest absolute Gasteiger partial charge is 0.304 e. The van der Waals surface area contributed by atoms with Gasteiger partial charge in [-0.25, -0.2) is 4.98 Å². The van der Waals surface area contributed by atoms with Gasteiger partial charge in [0, 0.05) is 6.20 Å². The minimum atomic E-state index is -0.683. The fourth-order valence-electron chi connectivity index (χ4n) is 1.60. The first-order valence-electron chi connectivity index (χ1n) is 5.45. The molecule has 1 heterocycles. The van der Waals surface area contributed by atoms with Crippen molar-refractivity contribution in [3.63, 3.8) is 0 Å². The van der Waals surface area contributed by atoms with Crippen molar-refractivity contribution in [2.45, 2.75) is 0 Å². The molecule has 1 aromatic carbocycles. The number of benzene rings is 1. The zero-order chi connectivity index (χ0) is 14.7. The summed E-state index contributed by atoms with van der Waals surface area (Å²) in [5.41, 5.74) is 4.93. The molecule has 0 fully saturated rings. The number of halogens is 1. The maximum absolute atomic E-state index is 12.1. The highest BCUT2D eigenvalue weighted by Crippen LogP contribution is 2.27. The highest BCUT2D eigenvalue weighted by Gasteiger charge is 2.23. The van der Waals surface area contributed by atoms with Crippen molar-refractivity contribution in [2.24, 2.45) is 0 Å². The van der Waals surface area contributed by atoms with E-state index in [0.29, 0.717) is 4.47 Å². The number of rotatable bonds is 3. The lowest BCUT2D eigenvalue weighted by Crippen LogP contribution is -2.16. The van der Waals surface area contributed by atoms with Gasteiger partial charge in [0.2, 0.25) is 0 Å². The lowest BCUT2D eigenvalue weighted by atomic mass is 10.1. The highest BCUT2D eigenvalue weighted by atomic mass is 79.9. The lowest BCUT2D eigenvalue weighted by Gasteiger charge is -2.07. The number of amides is 1. The van der Waals surface area contributed by atoms with Crippen LogP contribution in [0.3, 0.4) is 0 Å². The Labute approximate surface area is 122 Å². The number of nitrogens with two attached hydrogens (primary N) is 1. The van der Waals surface area contributed by atoms with E-state index in [-0.39, 0.29) is 17.1 Å². The molecule has 1 amide bonds. The van der Waals surface area contributed by atoms with Gasteiger partial charge in [0.25, 0.3) is 5.91 Å². The molecule has 8 heteroatoms. The third-order valence-electron chi connectivity index (χ3n) is 2.48. The zero-order valence-electron chi connectivity index (χ0n) is 10.0. The number of nitrogens with one attached hydrogen (secondary N) is 1. The Bertz CT molecular complexity index is 690. The van der Waals surface area contributed by atoms with Crippen LogP contribution in [0, 0.1) is 10.1 Å². The second kappa shape index (κ2) is 5.66. The third kappa shape index (κ3) is 2.75. The molecule has 2 aromatic rings. The van der Waals surface area contributed by atoms with E-state index < -0.39 is 16.5 Å². The molecule has 0 bridgehead atoms. The first kappa shape index (κ1) is 13.9. The van der Waals surface area contributed by atoms with Gasteiger partial charge >= 0.3 is 5.69 Å². The van der Waals surface area contributed by atoms with Gasteiger partial charge in [-0.2, -0.15) is 0 Å². The number of para-hydroxylation sites is 1. The topological polar surface area (TPSA) is 111 Å². The van der Waals surface area contributed by atoms with Crippen LogP contribution in [0.4, 0.5) is 17.2 Å². The molecule has 0 aliphatic heterocycles. The van der Waals surface area contributed by atoms with Gasteiger partial charge in [-0.15, -0.1) is 0 Å². The number of nitro benzene ring substituents is 1. The summed E-state index contributed by atoms with van der Waals surface area (Å²) in [6.45, 7) is 0. The Kier molecular flexibility index (Phi) is 3.94. The SMILES string of the molecule is Nc1cccc(C(=O)Nc2ncccc2Br)c1[N+](=O)[O-]. The number of anilines is 2. The van der Waals surface area contributed by atoms with Gasteiger partial charge in [0.05, 0.1) is 9.40 Å². The van der Waals surface area contributed by atoms with Gasteiger partial charge < -0.3 is 11.1 Å². The highest BCUT2D eigenvalue weighted by molar-refractivity contribution is 9.10. The lowest BCUT2D eigenvalue weighted by molar-refractivity contribution is -0.384. The number of hydrogen-bond acceptors (Lipinski definition) is 5. The summed E-state index contributed by atoms with van der Waals surface area (Å²) in [5.74, 6) is -0.377.